The summed E-state index contributed by atoms with van der Waals surface area (Å²) < 4.78 is 3.41. The Morgan fingerprint density at radius 1 is 1.16 bits per heavy atom. The fourth-order valence-electron chi connectivity index (χ4n) is 2.14. The van der Waals surface area contributed by atoms with E-state index in [1.165, 1.54) is 10.3 Å². The lowest BCUT2D eigenvalue weighted by Crippen LogP contribution is -2.32. The van der Waals surface area contributed by atoms with E-state index >= 15 is 0 Å². The van der Waals surface area contributed by atoms with E-state index in [0.717, 1.165) is 17.6 Å². The number of fused-ring (bicyclic) bond motifs is 1. The zero-order valence-corrected chi connectivity index (χ0v) is 11.5. The summed E-state index contributed by atoms with van der Waals surface area (Å²) in [6.45, 7) is 2.44. The molecule has 0 saturated heterocycles. The van der Waals surface area contributed by atoms with E-state index in [2.05, 4.69) is 22.2 Å². The molecule has 0 aliphatic heterocycles. The smallest absolute Gasteiger partial charge is 0.226 e. The highest BCUT2D eigenvalue weighted by atomic mass is 32.1. The number of rotatable bonds is 3. The molecule has 0 N–H and O–H groups in total. The fraction of sp³-hybridized carbons (Fsp3) is 0.125. The van der Waals surface area contributed by atoms with Crippen LogP contribution in [0.2, 0.25) is 0 Å². The number of hydrogen-bond donors (Lipinski definition) is 0. The molecule has 0 bridgehead atoms. The van der Waals surface area contributed by atoms with Gasteiger partial charge in [0.15, 0.2) is 12.3 Å². The van der Waals surface area contributed by atoms with E-state index in [4.69, 9.17) is 0 Å². The summed E-state index contributed by atoms with van der Waals surface area (Å²) in [5.41, 5.74) is 5.27. The number of nitrogens with zero attached hydrogens (tertiary/aromatic N) is 1. The minimum atomic E-state index is 0.111. The number of aromatic nitrogens is 1. The summed E-state index contributed by atoms with van der Waals surface area (Å²) >= 11 is 1.71. The Morgan fingerprint density at radius 3 is 2.68 bits per heavy atom. The molecule has 94 valence electrons. The molecule has 0 atom stereocenters. The summed E-state index contributed by atoms with van der Waals surface area (Å²) in [5, 5.41) is 0. The largest absolute Gasteiger partial charge is 0.295 e. The second-order valence-electron chi connectivity index (χ2n) is 4.58. The molecule has 0 radical (unpaired) electrons. The molecule has 0 aliphatic carbocycles. The van der Waals surface area contributed by atoms with Crippen LogP contribution in [0.15, 0.2) is 54.0 Å². The monoisotopic (exact) mass is 268 g/mol. The molecule has 19 heavy (non-hydrogen) atoms. The third-order valence-electron chi connectivity index (χ3n) is 3.18. The minimum absolute atomic E-state index is 0.111. The molecule has 3 rings (SSSR count). The molecule has 0 unspecified atom stereocenters. The van der Waals surface area contributed by atoms with Gasteiger partial charge in [0, 0.05) is 17.2 Å². The third kappa shape index (κ3) is 2.42. The van der Waals surface area contributed by atoms with Gasteiger partial charge in [-0.25, -0.2) is 0 Å². The van der Waals surface area contributed by atoms with E-state index in [0.29, 0.717) is 0 Å². The molecule has 2 aromatic carbocycles. The summed E-state index contributed by atoms with van der Waals surface area (Å²) in [5.74, 6) is 0.111. The summed E-state index contributed by atoms with van der Waals surface area (Å²) in [7, 11) is 0. The first-order valence-corrected chi connectivity index (χ1v) is 7.07. The van der Waals surface area contributed by atoms with Gasteiger partial charge >= 0.3 is 0 Å². The maximum Gasteiger partial charge on any atom is 0.226 e. The Bertz CT molecular complexity index is 731. The molecule has 0 saturated carbocycles. The first-order chi connectivity index (χ1) is 9.24. The first kappa shape index (κ1) is 12.1. The number of Topliss-reactive ketones (excluding diaryl/α,β-unsaturated/α-hetero) is 1. The van der Waals surface area contributed by atoms with Crippen molar-refractivity contribution >= 4 is 27.3 Å². The van der Waals surface area contributed by atoms with Gasteiger partial charge < -0.3 is 0 Å². The van der Waals surface area contributed by atoms with Crippen molar-refractivity contribution in [2.24, 2.45) is 0 Å². The Kier molecular flexibility index (Phi) is 3.13. The van der Waals surface area contributed by atoms with E-state index < -0.39 is 0 Å². The Hall–Kier alpha value is -2.00. The van der Waals surface area contributed by atoms with E-state index in [1.807, 2.05) is 36.4 Å². The number of hydrogen-bond acceptors (Lipinski definition) is 2. The van der Waals surface area contributed by atoms with Crippen LogP contribution in [0, 0.1) is 0 Å². The lowest BCUT2D eigenvalue weighted by Gasteiger charge is -1.97. The Morgan fingerprint density at radius 2 is 1.95 bits per heavy atom. The maximum absolute atomic E-state index is 11.5. The van der Waals surface area contributed by atoms with Crippen LogP contribution in [-0.4, -0.2) is 5.78 Å². The topological polar surface area (TPSA) is 20.9 Å². The molecule has 0 aliphatic rings. The molecule has 3 heteroatoms. The van der Waals surface area contributed by atoms with Crippen LogP contribution >= 0.6 is 11.3 Å². The van der Waals surface area contributed by atoms with Crippen molar-refractivity contribution in [1.29, 1.82) is 0 Å². The molecular formula is C16H14NOS+. The number of thiazole rings is 1. The SMILES string of the molecule is CC(=O)c1ccc2sc[n+](Cc3ccccc3)c2c1. The van der Waals surface area contributed by atoms with Gasteiger partial charge in [0.1, 0.15) is 4.70 Å². The van der Waals surface area contributed by atoms with Gasteiger partial charge in [-0.1, -0.05) is 41.7 Å². The predicted molar refractivity (Wildman–Crippen MR) is 77.6 cm³/mol. The molecule has 3 aromatic rings. The molecule has 1 aromatic heterocycles. The maximum atomic E-state index is 11.5. The number of ketones is 1. The average Bonchev–Trinajstić information content (AvgIpc) is 2.82. The van der Waals surface area contributed by atoms with Crippen LogP contribution in [0.4, 0.5) is 0 Å². The molecule has 2 nitrogen and oxygen atoms in total. The lowest BCUT2D eigenvalue weighted by atomic mass is 10.1. The molecular weight excluding hydrogens is 254 g/mol. The van der Waals surface area contributed by atoms with Crippen LogP contribution in [0.5, 0.6) is 0 Å². The van der Waals surface area contributed by atoms with Gasteiger partial charge in [0.05, 0.1) is 0 Å². The first-order valence-electron chi connectivity index (χ1n) is 6.19. The van der Waals surface area contributed by atoms with Gasteiger partial charge in [-0.05, 0) is 19.1 Å². The highest BCUT2D eigenvalue weighted by Crippen LogP contribution is 2.18. The van der Waals surface area contributed by atoms with Crippen molar-refractivity contribution in [2.45, 2.75) is 13.5 Å². The van der Waals surface area contributed by atoms with Gasteiger partial charge in [0.25, 0.3) is 0 Å². The van der Waals surface area contributed by atoms with Crippen molar-refractivity contribution < 1.29 is 9.36 Å². The van der Waals surface area contributed by atoms with Crippen LogP contribution in [-0.2, 0) is 6.54 Å². The second-order valence-corrected chi connectivity index (χ2v) is 5.46. The highest BCUT2D eigenvalue weighted by Gasteiger charge is 2.14. The van der Waals surface area contributed by atoms with Gasteiger partial charge in [-0.3, -0.25) is 4.79 Å². The molecule has 0 amide bonds. The van der Waals surface area contributed by atoms with E-state index in [9.17, 15) is 4.79 Å². The molecule has 0 spiro atoms. The van der Waals surface area contributed by atoms with Crippen molar-refractivity contribution in [1.82, 2.24) is 0 Å². The second kappa shape index (κ2) is 4.94. The third-order valence-corrected chi connectivity index (χ3v) is 4.14. The van der Waals surface area contributed by atoms with Gasteiger partial charge in [0.2, 0.25) is 11.0 Å². The quantitative estimate of drug-likeness (QED) is 0.526. The van der Waals surface area contributed by atoms with Crippen molar-refractivity contribution in [3.05, 3.63) is 65.2 Å². The zero-order chi connectivity index (χ0) is 13.2. The lowest BCUT2D eigenvalue weighted by molar-refractivity contribution is -0.658. The van der Waals surface area contributed by atoms with Crippen molar-refractivity contribution in [3.8, 4) is 0 Å². The van der Waals surface area contributed by atoms with Crippen LogP contribution in [0.25, 0.3) is 10.2 Å². The predicted octanol–water partition coefficient (Wildman–Crippen LogP) is 3.44. The molecule has 1 heterocycles. The number of carbonyl (C=O) groups excluding carboxylic acids is 1. The Labute approximate surface area is 115 Å². The van der Waals surface area contributed by atoms with Gasteiger partial charge in [-0.15, -0.1) is 0 Å². The highest BCUT2D eigenvalue weighted by molar-refractivity contribution is 7.16. The van der Waals surface area contributed by atoms with Crippen LogP contribution < -0.4 is 4.57 Å². The minimum Gasteiger partial charge on any atom is -0.295 e. The van der Waals surface area contributed by atoms with Gasteiger partial charge in [-0.2, -0.15) is 4.57 Å². The van der Waals surface area contributed by atoms with E-state index in [1.54, 1.807) is 18.3 Å². The van der Waals surface area contributed by atoms with E-state index in [-0.39, 0.29) is 5.78 Å². The van der Waals surface area contributed by atoms with Crippen LogP contribution in [0.1, 0.15) is 22.8 Å². The number of carbonyl (C=O) groups is 1. The zero-order valence-electron chi connectivity index (χ0n) is 10.7. The Balaban J connectivity index is 2.04. The summed E-state index contributed by atoms with van der Waals surface area (Å²) in [6.07, 6.45) is 0. The summed E-state index contributed by atoms with van der Waals surface area (Å²) in [4.78, 5) is 11.5. The molecule has 0 fully saturated rings. The fourth-order valence-corrected chi connectivity index (χ4v) is 3.01. The van der Waals surface area contributed by atoms with Crippen molar-refractivity contribution in [2.75, 3.05) is 0 Å². The number of benzene rings is 2. The average molecular weight is 268 g/mol. The normalized spacial score (nSPS) is 10.8. The van der Waals surface area contributed by atoms with Crippen LogP contribution in [0.3, 0.4) is 0 Å². The van der Waals surface area contributed by atoms with Crippen molar-refractivity contribution in [3.63, 3.8) is 0 Å². The summed E-state index contributed by atoms with van der Waals surface area (Å²) in [6, 6.07) is 16.3. The standard InChI is InChI=1S/C16H14NOS/c1-12(18)14-7-8-16-15(9-14)17(11-19-16)10-13-5-3-2-4-6-13/h2-9,11H,10H2,1H3/q+1.